The van der Waals surface area contributed by atoms with E-state index in [1.807, 2.05) is 42.3 Å². The van der Waals surface area contributed by atoms with Crippen LogP contribution in [0.2, 0.25) is 0 Å². The number of carbonyl (C=O) groups is 1. The highest BCUT2D eigenvalue weighted by Gasteiger charge is 2.18. The van der Waals surface area contributed by atoms with E-state index in [2.05, 4.69) is 0 Å². The number of ether oxygens (including phenoxy) is 2. The number of nitrogens with zero attached hydrogens (tertiary/aromatic N) is 1. The van der Waals surface area contributed by atoms with Gasteiger partial charge < -0.3 is 14.6 Å². The Bertz CT molecular complexity index is 712. The van der Waals surface area contributed by atoms with Crippen LogP contribution in [0.3, 0.4) is 0 Å². The van der Waals surface area contributed by atoms with E-state index in [4.69, 9.17) is 9.47 Å². The first-order valence-corrected chi connectivity index (χ1v) is 8.13. The van der Waals surface area contributed by atoms with Gasteiger partial charge in [-0.3, -0.25) is 9.69 Å². The Morgan fingerprint density at radius 2 is 1.80 bits per heavy atom. The first kappa shape index (κ1) is 19.0. The largest absolute Gasteiger partial charge is 0.497 e. The van der Waals surface area contributed by atoms with Crippen LogP contribution >= 0.6 is 0 Å². The van der Waals surface area contributed by atoms with Crippen molar-refractivity contribution in [1.29, 1.82) is 0 Å². The zero-order valence-corrected chi connectivity index (χ0v) is 15.2. The van der Waals surface area contributed by atoms with Gasteiger partial charge in [-0.25, -0.2) is 0 Å². The fourth-order valence-corrected chi connectivity index (χ4v) is 2.83. The summed E-state index contributed by atoms with van der Waals surface area (Å²) >= 11 is 0. The van der Waals surface area contributed by atoms with Crippen LogP contribution in [-0.2, 0) is 6.54 Å². The lowest BCUT2D eigenvalue weighted by molar-refractivity contribution is 0.101. The third-order valence-corrected chi connectivity index (χ3v) is 4.31. The van der Waals surface area contributed by atoms with Gasteiger partial charge in [0.15, 0.2) is 5.78 Å². The van der Waals surface area contributed by atoms with Crippen molar-refractivity contribution in [3.8, 4) is 11.5 Å². The van der Waals surface area contributed by atoms with Crippen molar-refractivity contribution in [2.75, 3.05) is 27.9 Å². The number of benzene rings is 2. The molecule has 0 saturated heterocycles. The first-order valence-electron chi connectivity index (χ1n) is 8.13. The average Bonchev–Trinajstić information content (AvgIpc) is 2.62. The lowest BCUT2D eigenvalue weighted by Crippen LogP contribution is -2.27. The SMILES string of the molecule is COc1ccc([C@H](CO)N(C)Cc2cc(C(C)=O)ccc2OC)cc1. The molecule has 2 aromatic carbocycles. The second kappa shape index (κ2) is 8.65. The number of hydrogen-bond acceptors (Lipinski definition) is 5. The van der Waals surface area contributed by atoms with Crippen molar-refractivity contribution in [3.63, 3.8) is 0 Å². The molecule has 5 heteroatoms. The van der Waals surface area contributed by atoms with Crippen LogP contribution in [-0.4, -0.2) is 43.7 Å². The molecule has 0 fully saturated rings. The molecule has 25 heavy (non-hydrogen) atoms. The molecule has 0 unspecified atom stereocenters. The Morgan fingerprint density at radius 1 is 1.12 bits per heavy atom. The van der Waals surface area contributed by atoms with Crippen molar-refractivity contribution in [1.82, 2.24) is 4.90 Å². The van der Waals surface area contributed by atoms with Crippen LogP contribution in [0.1, 0.15) is 34.5 Å². The topological polar surface area (TPSA) is 59.0 Å². The number of likely N-dealkylation sites (N-methyl/N-ethyl adjacent to an activating group) is 1. The van der Waals surface area contributed by atoms with Gasteiger partial charge in [0.05, 0.1) is 26.9 Å². The van der Waals surface area contributed by atoms with E-state index < -0.39 is 0 Å². The lowest BCUT2D eigenvalue weighted by atomic mass is 10.0. The smallest absolute Gasteiger partial charge is 0.159 e. The van der Waals surface area contributed by atoms with Crippen molar-refractivity contribution in [3.05, 3.63) is 59.2 Å². The summed E-state index contributed by atoms with van der Waals surface area (Å²) in [6.45, 7) is 2.07. The van der Waals surface area contributed by atoms with Crippen molar-refractivity contribution in [2.24, 2.45) is 0 Å². The first-order chi connectivity index (χ1) is 12.0. The second-order valence-corrected chi connectivity index (χ2v) is 5.97. The molecule has 0 aromatic heterocycles. The molecular weight excluding hydrogens is 318 g/mol. The molecule has 5 nitrogen and oxygen atoms in total. The van der Waals surface area contributed by atoms with E-state index >= 15 is 0 Å². The summed E-state index contributed by atoms with van der Waals surface area (Å²) < 4.78 is 10.6. The molecule has 1 N–H and O–H groups in total. The second-order valence-electron chi connectivity index (χ2n) is 5.97. The molecule has 0 aliphatic rings. The van der Waals surface area contributed by atoms with E-state index in [1.54, 1.807) is 33.3 Å². The molecule has 0 aliphatic carbocycles. The maximum absolute atomic E-state index is 11.6. The van der Waals surface area contributed by atoms with Crippen LogP contribution in [0.5, 0.6) is 11.5 Å². The molecule has 0 spiro atoms. The molecular formula is C20H25NO4. The van der Waals surface area contributed by atoms with E-state index in [9.17, 15) is 9.90 Å². The van der Waals surface area contributed by atoms with Crippen LogP contribution in [0, 0.1) is 0 Å². The van der Waals surface area contributed by atoms with Crippen LogP contribution < -0.4 is 9.47 Å². The van der Waals surface area contributed by atoms with Gasteiger partial charge in [-0.1, -0.05) is 12.1 Å². The molecule has 2 rings (SSSR count). The maximum Gasteiger partial charge on any atom is 0.159 e. The summed E-state index contributed by atoms with van der Waals surface area (Å²) in [5.74, 6) is 1.52. The number of Topliss-reactive ketones (excluding diaryl/α,β-unsaturated/α-hetero) is 1. The fraction of sp³-hybridized carbons (Fsp3) is 0.350. The Kier molecular flexibility index (Phi) is 6.56. The molecule has 0 amide bonds. The van der Waals surface area contributed by atoms with Crippen LogP contribution in [0.4, 0.5) is 0 Å². The summed E-state index contributed by atoms with van der Waals surface area (Å²) in [6, 6.07) is 12.9. The van der Waals surface area contributed by atoms with Gasteiger partial charge >= 0.3 is 0 Å². The van der Waals surface area contributed by atoms with E-state index in [1.165, 1.54) is 0 Å². The standard InChI is InChI=1S/C20H25NO4/c1-14(23)16-7-10-20(25-4)17(11-16)12-21(2)19(13-22)15-5-8-18(24-3)9-6-15/h5-11,19,22H,12-13H2,1-4H3/t19-/m0/s1. The Morgan fingerprint density at radius 3 is 2.32 bits per heavy atom. The number of hydrogen-bond donors (Lipinski definition) is 1. The summed E-state index contributed by atoms with van der Waals surface area (Å²) in [5.41, 5.74) is 2.55. The Labute approximate surface area is 148 Å². The summed E-state index contributed by atoms with van der Waals surface area (Å²) in [7, 11) is 5.17. The highest BCUT2D eigenvalue weighted by molar-refractivity contribution is 5.94. The predicted molar refractivity (Wildman–Crippen MR) is 97.3 cm³/mol. The number of aliphatic hydroxyl groups excluding tert-OH is 1. The van der Waals surface area contributed by atoms with Crippen LogP contribution in [0.25, 0.3) is 0 Å². The molecule has 0 heterocycles. The van der Waals surface area contributed by atoms with Crippen LogP contribution in [0.15, 0.2) is 42.5 Å². The minimum atomic E-state index is -0.170. The average molecular weight is 343 g/mol. The van der Waals surface area contributed by atoms with Gasteiger partial charge in [0, 0.05) is 17.7 Å². The predicted octanol–water partition coefficient (Wildman–Crippen LogP) is 3.07. The Balaban J connectivity index is 2.24. The third-order valence-electron chi connectivity index (χ3n) is 4.31. The Hall–Kier alpha value is -2.37. The summed E-state index contributed by atoms with van der Waals surface area (Å²) in [4.78, 5) is 13.7. The van der Waals surface area contributed by atoms with Crippen molar-refractivity contribution < 1.29 is 19.4 Å². The number of rotatable bonds is 8. The summed E-state index contributed by atoms with van der Waals surface area (Å²) in [5, 5.41) is 9.87. The van der Waals surface area contributed by atoms with Gasteiger partial charge in [0.1, 0.15) is 11.5 Å². The van der Waals surface area contributed by atoms with Crippen molar-refractivity contribution >= 4 is 5.78 Å². The molecule has 0 saturated carbocycles. The molecule has 134 valence electrons. The minimum Gasteiger partial charge on any atom is -0.497 e. The number of ketones is 1. The number of methoxy groups -OCH3 is 2. The monoisotopic (exact) mass is 343 g/mol. The van der Waals surface area contributed by atoms with E-state index in [-0.39, 0.29) is 18.4 Å². The molecule has 2 aromatic rings. The third kappa shape index (κ3) is 4.59. The molecule has 1 atom stereocenters. The minimum absolute atomic E-state index is 0.0143. The normalized spacial score (nSPS) is 12.1. The zero-order valence-electron chi connectivity index (χ0n) is 15.2. The quantitative estimate of drug-likeness (QED) is 0.747. The van der Waals surface area contributed by atoms with Gasteiger partial charge in [-0.2, -0.15) is 0 Å². The highest BCUT2D eigenvalue weighted by atomic mass is 16.5. The van der Waals surface area contributed by atoms with Crippen molar-refractivity contribution in [2.45, 2.75) is 19.5 Å². The molecule has 0 radical (unpaired) electrons. The van der Waals surface area contributed by atoms with Gasteiger partial charge in [0.2, 0.25) is 0 Å². The highest BCUT2D eigenvalue weighted by Crippen LogP contribution is 2.27. The van der Waals surface area contributed by atoms with Gasteiger partial charge in [-0.05, 0) is 49.9 Å². The maximum atomic E-state index is 11.6. The fourth-order valence-electron chi connectivity index (χ4n) is 2.83. The number of aliphatic hydroxyl groups is 1. The summed E-state index contributed by atoms with van der Waals surface area (Å²) in [6.07, 6.45) is 0. The van der Waals surface area contributed by atoms with E-state index in [0.717, 1.165) is 22.6 Å². The van der Waals surface area contributed by atoms with Gasteiger partial charge in [0.25, 0.3) is 0 Å². The van der Waals surface area contributed by atoms with E-state index in [0.29, 0.717) is 12.1 Å². The molecule has 0 bridgehead atoms. The molecule has 0 aliphatic heterocycles. The lowest BCUT2D eigenvalue weighted by Gasteiger charge is -2.27. The zero-order chi connectivity index (χ0) is 18.4. The van der Waals surface area contributed by atoms with Gasteiger partial charge in [-0.15, -0.1) is 0 Å². The number of carbonyl (C=O) groups excluding carboxylic acids is 1.